The lowest BCUT2D eigenvalue weighted by molar-refractivity contribution is -0.142. The largest absolute Gasteiger partial charge is 0.480 e. The first-order chi connectivity index (χ1) is 14.9. The predicted octanol–water partition coefficient (Wildman–Crippen LogP) is 1.54. The van der Waals surface area contributed by atoms with E-state index in [1.807, 2.05) is 24.3 Å². The molecule has 9 nitrogen and oxygen atoms in total. The molecule has 0 spiro atoms. The highest BCUT2D eigenvalue weighted by atomic mass is 16.4. The number of H-pyrrole nitrogens is 2. The number of hydrogen-bond donors (Lipinski definition) is 4. The van der Waals surface area contributed by atoms with Gasteiger partial charge < -0.3 is 20.4 Å². The van der Waals surface area contributed by atoms with Gasteiger partial charge >= 0.3 is 11.7 Å². The van der Waals surface area contributed by atoms with Crippen LogP contribution in [0.2, 0.25) is 0 Å². The fourth-order valence-electron chi connectivity index (χ4n) is 3.66. The zero-order valence-corrected chi connectivity index (χ0v) is 16.6. The van der Waals surface area contributed by atoms with E-state index in [0.29, 0.717) is 5.52 Å². The Hall–Kier alpha value is -4.14. The second-order valence-corrected chi connectivity index (χ2v) is 7.29. The Balaban J connectivity index is 1.61. The second kappa shape index (κ2) is 7.94. The van der Waals surface area contributed by atoms with Crippen molar-refractivity contribution in [3.63, 3.8) is 0 Å². The van der Waals surface area contributed by atoms with Crippen LogP contribution in [0.15, 0.2) is 64.3 Å². The van der Waals surface area contributed by atoms with Crippen LogP contribution in [-0.4, -0.2) is 37.6 Å². The summed E-state index contributed by atoms with van der Waals surface area (Å²) < 4.78 is 0.794. The van der Waals surface area contributed by atoms with Gasteiger partial charge in [0, 0.05) is 23.5 Å². The molecule has 2 atom stereocenters. The maximum absolute atomic E-state index is 12.8. The summed E-state index contributed by atoms with van der Waals surface area (Å²) in [5.74, 6) is -1.96. The third kappa shape index (κ3) is 3.73. The molecule has 0 saturated carbocycles. The number of aromatic nitrogens is 3. The minimum Gasteiger partial charge on any atom is -0.480 e. The normalized spacial score (nSPS) is 13.2. The van der Waals surface area contributed by atoms with Gasteiger partial charge in [-0.2, -0.15) is 0 Å². The van der Waals surface area contributed by atoms with E-state index in [1.54, 1.807) is 30.5 Å². The molecule has 158 valence electrons. The lowest BCUT2D eigenvalue weighted by Gasteiger charge is -2.19. The minimum absolute atomic E-state index is 0.0424. The molecule has 4 N–H and O–H groups in total. The van der Waals surface area contributed by atoms with E-state index in [2.05, 4.69) is 15.3 Å². The maximum atomic E-state index is 12.8. The van der Waals surface area contributed by atoms with Crippen molar-refractivity contribution < 1.29 is 14.7 Å². The first-order valence-electron chi connectivity index (χ1n) is 9.68. The Morgan fingerprint density at radius 3 is 2.39 bits per heavy atom. The monoisotopic (exact) mass is 420 g/mol. The molecule has 9 heteroatoms. The Morgan fingerprint density at radius 2 is 1.68 bits per heavy atom. The average molecular weight is 420 g/mol. The van der Waals surface area contributed by atoms with Crippen LogP contribution >= 0.6 is 0 Å². The van der Waals surface area contributed by atoms with E-state index in [0.717, 1.165) is 21.0 Å². The molecule has 4 rings (SSSR count). The summed E-state index contributed by atoms with van der Waals surface area (Å²) in [5.41, 5.74) is 0.594. The van der Waals surface area contributed by atoms with Gasteiger partial charge in [0.2, 0.25) is 5.91 Å². The van der Waals surface area contributed by atoms with Crippen LogP contribution in [-0.2, 0) is 16.0 Å². The van der Waals surface area contributed by atoms with Gasteiger partial charge in [-0.1, -0.05) is 30.3 Å². The second-order valence-electron chi connectivity index (χ2n) is 7.29. The van der Waals surface area contributed by atoms with Crippen molar-refractivity contribution in [3.05, 3.63) is 81.1 Å². The molecule has 2 heterocycles. The molecule has 0 saturated heterocycles. The number of carboxylic acid groups (broad SMARTS) is 1. The molecule has 0 aliphatic rings. The Kier molecular flexibility index (Phi) is 5.16. The summed E-state index contributed by atoms with van der Waals surface area (Å²) in [6, 6.07) is 11.5. The van der Waals surface area contributed by atoms with Gasteiger partial charge in [-0.05, 0) is 30.7 Å². The summed E-state index contributed by atoms with van der Waals surface area (Å²) in [7, 11) is 0. The van der Waals surface area contributed by atoms with Crippen molar-refractivity contribution in [2.75, 3.05) is 0 Å². The highest BCUT2D eigenvalue weighted by Gasteiger charge is 2.27. The number of rotatable bonds is 6. The minimum atomic E-state index is -1.23. The number of carbonyl (C=O) groups is 2. The Bertz CT molecular complexity index is 1410. The zero-order chi connectivity index (χ0) is 22.1. The number of benzene rings is 2. The van der Waals surface area contributed by atoms with Gasteiger partial charge in [0.1, 0.15) is 12.1 Å². The fourth-order valence-corrected chi connectivity index (χ4v) is 3.66. The first-order valence-corrected chi connectivity index (χ1v) is 9.68. The number of aromatic amines is 2. The quantitative estimate of drug-likeness (QED) is 0.375. The Labute approximate surface area is 175 Å². The van der Waals surface area contributed by atoms with E-state index < -0.39 is 35.2 Å². The smallest absolute Gasteiger partial charge is 0.329 e. The molecular formula is C22H20N4O5. The number of para-hydroxylation sites is 2. The standard InChI is InChI=1S/C22H20N4O5/c1-12(26-20(28)15-7-3-5-9-17(15)25-22(26)31)19(27)24-18(21(29)30)10-13-11-23-16-8-4-2-6-14(13)16/h2-9,11-12,18,23H,10H2,1H3,(H,24,27)(H,25,31)(H,29,30). The lowest BCUT2D eigenvalue weighted by Crippen LogP contribution is -2.48. The topological polar surface area (TPSA) is 137 Å². The molecule has 0 bridgehead atoms. The molecule has 4 aromatic rings. The van der Waals surface area contributed by atoms with E-state index in [-0.39, 0.29) is 11.8 Å². The van der Waals surface area contributed by atoms with E-state index in [4.69, 9.17) is 0 Å². The number of fused-ring (bicyclic) bond motifs is 2. The molecular weight excluding hydrogens is 400 g/mol. The van der Waals surface area contributed by atoms with Crippen LogP contribution in [0, 0.1) is 0 Å². The number of nitrogens with zero attached hydrogens (tertiary/aromatic N) is 1. The van der Waals surface area contributed by atoms with Crippen LogP contribution in [0.1, 0.15) is 18.5 Å². The van der Waals surface area contributed by atoms with Gasteiger partial charge in [0.05, 0.1) is 10.9 Å². The van der Waals surface area contributed by atoms with Crippen molar-refractivity contribution in [1.29, 1.82) is 0 Å². The molecule has 0 radical (unpaired) electrons. The zero-order valence-electron chi connectivity index (χ0n) is 16.6. The SMILES string of the molecule is CC(C(=O)NC(Cc1c[nH]c2ccccc12)C(=O)O)n1c(=O)[nH]c2ccccc2c1=O. The predicted molar refractivity (Wildman–Crippen MR) is 115 cm³/mol. The number of hydrogen-bond acceptors (Lipinski definition) is 4. The molecule has 2 aromatic heterocycles. The molecule has 0 aliphatic carbocycles. The summed E-state index contributed by atoms with van der Waals surface area (Å²) in [4.78, 5) is 55.4. The Morgan fingerprint density at radius 1 is 1.03 bits per heavy atom. The van der Waals surface area contributed by atoms with Crippen LogP contribution in [0.3, 0.4) is 0 Å². The van der Waals surface area contributed by atoms with Crippen LogP contribution < -0.4 is 16.6 Å². The van der Waals surface area contributed by atoms with Gasteiger partial charge in [-0.25, -0.2) is 14.2 Å². The van der Waals surface area contributed by atoms with Gasteiger partial charge in [0.15, 0.2) is 0 Å². The highest BCUT2D eigenvalue weighted by Crippen LogP contribution is 2.19. The molecule has 2 unspecified atom stereocenters. The summed E-state index contributed by atoms with van der Waals surface area (Å²) >= 11 is 0. The third-order valence-electron chi connectivity index (χ3n) is 5.32. The summed E-state index contributed by atoms with van der Waals surface area (Å²) in [6.07, 6.45) is 1.75. The molecule has 31 heavy (non-hydrogen) atoms. The highest BCUT2D eigenvalue weighted by molar-refractivity contribution is 5.88. The number of nitrogens with one attached hydrogen (secondary N) is 3. The third-order valence-corrected chi connectivity index (χ3v) is 5.32. The lowest BCUT2D eigenvalue weighted by atomic mass is 10.0. The van der Waals surface area contributed by atoms with Crippen molar-refractivity contribution in [2.45, 2.75) is 25.4 Å². The van der Waals surface area contributed by atoms with Gasteiger partial charge in [-0.3, -0.25) is 9.59 Å². The number of amides is 1. The van der Waals surface area contributed by atoms with Gasteiger partial charge in [-0.15, -0.1) is 0 Å². The number of carbonyl (C=O) groups excluding carboxylic acids is 1. The molecule has 1 amide bonds. The van der Waals surface area contributed by atoms with E-state index in [9.17, 15) is 24.3 Å². The van der Waals surface area contributed by atoms with Crippen LogP contribution in [0.25, 0.3) is 21.8 Å². The van der Waals surface area contributed by atoms with Gasteiger partial charge in [0.25, 0.3) is 5.56 Å². The summed E-state index contributed by atoms with van der Waals surface area (Å²) in [6.45, 7) is 1.38. The van der Waals surface area contributed by atoms with E-state index >= 15 is 0 Å². The van der Waals surface area contributed by atoms with Crippen molar-refractivity contribution in [2.24, 2.45) is 0 Å². The van der Waals surface area contributed by atoms with Crippen molar-refractivity contribution in [3.8, 4) is 0 Å². The van der Waals surface area contributed by atoms with Crippen molar-refractivity contribution in [1.82, 2.24) is 19.9 Å². The molecule has 0 fully saturated rings. The fraction of sp³-hybridized carbons (Fsp3) is 0.182. The molecule has 2 aromatic carbocycles. The molecule has 0 aliphatic heterocycles. The summed E-state index contributed by atoms with van der Waals surface area (Å²) in [5, 5.41) is 13.2. The number of aliphatic carboxylic acids is 1. The van der Waals surface area contributed by atoms with Crippen LogP contribution in [0.5, 0.6) is 0 Å². The maximum Gasteiger partial charge on any atom is 0.329 e. The van der Waals surface area contributed by atoms with Crippen LogP contribution in [0.4, 0.5) is 0 Å². The van der Waals surface area contributed by atoms with E-state index in [1.165, 1.54) is 6.92 Å². The number of carboxylic acids is 1. The van der Waals surface area contributed by atoms with Crippen molar-refractivity contribution >= 4 is 33.7 Å². The average Bonchev–Trinajstić information content (AvgIpc) is 3.16. The first kappa shape index (κ1) is 20.1.